The Morgan fingerprint density at radius 1 is 1.33 bits per heavy atom. The van der Waals surface area contributed by atoms with Gasteiger partial charge in [0.25, 0.3) is 0 Å². The number of benzene rings is 1. The molecule has 0 aliphatic heterocycles. The van der Waals surface area contributed by atoms with Crippen molar-refractivity contribution in [2.45, 2.75) is 37.9 Å². The molecule has 0 aliphatic carbocycles. The Bertz CT molecular complexity index is 320. The van der Waals surface area contributed by atoms with E-state index in [9.17, 15) is 0 Å². The standard InChI is InChI=1S/C13H19BrO/c1-9(7-11(3)14)13-6-5-12(15-4)8-10(13)2/h5-6,8-9,11H,7H2,1-4H3. The van der Waals surface area contributed by atoms with E-state index in [-0.39, 0.29) is 0 Å². The average molecular weight is 271 g/mol. The molecule has 84 valence electrons. The van der Waals surface area contributed by atoms with Crippen LogP contribution in [0.2, 0.25) is 0 Å². The molecule has 0 aliphatic rings. The molecule has 2 unspecified atom stereocenters. The Morgan fingerprint density at radius 3 is 2.47 bits per heavy atom. The lowest BCUT2D eigenvalue weighted by Gasteiger charge is -2.16. The number of methoxy groups -OCH3 is 1. The topological polar surface area (TPSA) is 9.23 Å². The van der Waals surface area contributed by atoms with Gasteiger partial charge in [-0.25, -0.2) is 0 Å². The molecule has 0 bridgehead atoms. The molecule has 0 spiro atoms. The first-order valence-electron chi connectivity index (χ1n) is 5.33. The SMILES string of the molecule is COc1ccc(C(C)CC(C)Br)c(C)c1. The Kier molecular flexibility index (Phi) is 4.65. The lowest BCUT2D eigenvalue weighted by atomic mass is 9.93. The molecule has 1 aromatic carbocycles. The highest BCUT2D eigenvalue weighted by Crippen LogP contribution is 2.28. The minimum absolute atomic E-state index is 0.564. The quantitative estimate of drug-likeness (QED) is 0.743. The third-order valence-corrected chi connectivity index (χ3v) is 3.06. The van der Waals surface area contributed by atoms with Gasteiger partial charge in [-0.1, -0.05) is 35.8 Å². The van der Waals surface area contributed by atoms with E-state index in [1.54, 1.807) is 7.11 Å². The van der Waals surface area contributed by atoms with Crippen LogP contribution in [-0.2, 0) is 0 Å². The monoisotopic (exact) mass is 270 g/mol. The molecule has 2 atom stereocenters. The molecule has 0 aromatic heterocycles. The predicted octanol–water partition coefficient (Wildman–Crippen LogP) is 4.28. The van der Waals surface area contributed by atoms with Gasteiger partial charge >= 0.3 is 0 Å². The van der Waals surface area contributed by atoms with E-state index in [4.69, 9.17) is 4.74 Å². The van der Waals surface area contributed by atoms with E-state index in [1.807, 2.05) is 6.07 Å². The van der Waals surface area contributed by atoms with Crippen molar-refractivity contribution in [3.8, 4) is 5.75 Å². The van der Waals surface area contributed by atoms with Crippen LogP contribution in [0.25, 0.3) is 0 Å². The molecule has 1 rings (SSSR count). The first kappa shape index (κ1) is 12.6. The third kappa shape index (κ3) is 3.53. The van der Waals surface area contributed by atoms with E-state index in [2.05, 4.69) is 48.8 Å². The predicted molar refractivity (Wildman–Crippen MR) is 69.2 cm³/mol. The van der Waals surface area contributed by atoms with Crippen LogP contribution in [0.1, 0.15) is 37.3 Å². The first-order chi connectivity index (χ1) is 7.04. The van der Waals surface area contributed by atoms with Gasteiger partial charge in [-0.2, -0.15) is 0 Å². The maximum atomic E-state index is 5.20. The van der Waals surface area contributed by atoms with Crippen LogP contribution >= 0.6 is 15.9 Å². The van der Waals surface area contributed by atoms with Crippen molar-refractivity contribution in [1.29, 1.82) is 0 Å². The zero-order valence-electron chi connectivity index (χ0n) is 9.88. The van der Waals surface area contributed by atoms with Crippen LogP contribution in [-0.4, -0.2) is 11.9 Å². The molecule has 0 amide bonds. The second kappa shape index (κ2) is 5.55. The van der Waals surface area contributed by atoms with E-state index in [0.29, 0.717) is 10.7 Å². The fraction of sp³-hybridized carbons (Fsp3) is 0.538. The molecule has 0 saturated heterocycles. The van der Waals surface area contributed by atoms with Gasteiger partial charge in [0.1, 0.15) is 5.75 Å². The van der Waals surface area contributed by atoms with Crippen molar-refractivity contribution in [3.05, 3.63) is 29.3 Å². The Balaban J connectivity index is 2.85. The summed E-state index contributed by atoms with van der Waals surface area (Å²) < 4.78 is 5.20. The first-order valence-corrected chi connectivity index (χ1v) is 6.24. The Hall–Kier alpha value is -0.500. The van der Waals surface area contributed by atoms with E-state index < -0.39 is 0 Å². The van der Waals surface area contributed by atoms with E-state index in [0.717, 1.165) is 12.2 Å². The van der Waals surface area contributed by atoms with Crippen LogP contribution in [0.15, 0.2) is 18.2 Å². The summed E-state index contributed by atoms with van der Waals surface area (Å²) in [5.74, 6) is 1.53. The van der Waals surface area contributed by atoms with Gasteiger partial charge in [0.2, 0.25) is 0 Å². The Labute approximate surface area is 101 Å². The molecule has 15 heavy (non-hydrogen) atoms. The van der Waals surface area contributed by atoms with Gasteiger partial charge in [-0.05, 0) is 42.5 Å². The number of hydrogen-bond donors (Lipinski definition) is 0. The van der Waals surface area contributed by atoms with Crippen molar-refractivity contribution in [2.24, 2.45) is 0 Å². The number of alkyl halides is 1. The number of halogens is 1. The van der Waals surface area contributed by atoms with E-state index >= 15 is 0 Å². The second-order valence-electron chi connectivity index (χ2n) is 4.14. The van der Waals surface area contributed by atoms with Gasteiger partial charge < -0.3 is 4.74 Å². The number of ether oxygens (including phenoxy) is 1. The number of aryl methyl sites for hydroxylation is 1. The molecule has 0 saturated carbocycles. The fourth-order valence-corrected chi connectivity index (χ4v) is 2.50. The summed E-state index contributed by atoms with van der Waals surface area (Å²) in [7, 11) is 1.71. The minimum atomic E-state index is 0.564. The van der Waals surface area contributed by atoms with Crippen molar-refractivity contribution >= 4 is 15.9 Å². The van der Waals surface area contributed by atoms with Gasteiger partial charge in [-0.3, -0.25) is 0 Å². The molecule has 0 heterocycles. The lowest BCUT2D eigenvalue weighted by molar-refractivity contribution is 0.414. The lowest BCUT2D eigenvalue weighted by Crippen LogP contribution is -2.02. The van der Waals surface area contributed by atoms with Crippen molar-refractivity contribution in [2.75, 3.05) is 7.11 Å². The van der Waals surface area contributed by atoms with Crippen molar-refractivity contribution in [1.82, 2.24) is 0 Å². The zero-order chi connectivity index (χ0) is 11.4. The molecular weight excluding hydrogens is 252 g/mol. The maximum Gasteiger partial charge on any atom is 0.119 e. The zero-order valence-corrected chi connectivity index (χ0v) is 11.5. The normalized spacial score (nSPS) is 14.7. The van der Waals surface area contributed by atoms with Crippen LogP contribution in [0.4, 0.5) is 0 Å². The Morgan fingerprint density at radius 2 is 2.00 bits per heavy atom. The smallest absolute Gasteiger partial charge is 0.119 e. The highest BCUT2D eigenvalue weighted by atomic mass is 79.9. The van der Waals surface area contributed by atoms with Crippen LogP contribution in [0.5, 0.6) is 5.75 Å². The average Bonchev–Trinajstić information content (AvgIpc) is 2.16. The highest BCUT2D eigenvalue weighted by molar-refractivity contribution is 9.09. The van der Waals surface area contributed by atoms with Gasteiger partial charge in [-0.15, -0.1) is 0 Å². The van der Waals surface area contributed by atoms with Gasteiger partial charge in [0.15, 0.2) is 0 Å². The van der Waals surface area contributed by atoms with Crippen LogP contribution in [0.3, 0.4) is 0 Å². The van der Waals surface area contributed by atoms with Crippen LogP contribution in [0, 0.1) is 6.92 Å². The summed E-state index contributed by atoms with van der Waals surface area (Å²) >= 11 is 3.60. The minimum Gasteiger partial charge on any atom is -0.497 e. The molecule has 1 aromatic rings. The summed E-state index contributed by atoms with van der Waals surface area (Å²) in [5.41, 5.74) is 2.73. The molecule has 0 N–H and O–H groups in total. The van der Waals surface area contributed by atoms with Gasteiger partial charge in [0.05, 0.1) is 7.11 Å². The maximum absolute atomic E-state index is 5.20. The molecule has 2 heteroatoms. The van der Waals surface area contributed by atoms with E-state index in [1.165, 1.54) is 11.1 Å². The third-order valence-electron chi connectivity index (χ3n) is 2.69. The summed E-state index contributed by atoms with van der Waals surface area (Å²) in [6.07, 6.45) is 1.16. The summed E-state index contributed by atoms with van der Waals surface area (Å²) in [4.78, 5) is 0.564. The summed E-state index contributed by atoms with van der Waals surface area (Å²) in [5, 5.41) is 0. The van der Waals surface area contributed by atoms with Crippen LogP contribution < -0.4 is 4.74 Å². The summed E-state index contributed by atoms with van der Waals surface area (Å²) in [6.45, 7) is 6.61. The fourth-order valence-electron chi connectivity index (χ4n) is 1.94. The highest BCUT2D eigenvalue weighted by Gasteiger charge is 2.11. The number of hydrogen-bond acceptors (Lipinski definition) is 1. The summed E-state index contributed by atoms with van der Waals surface area (Å²) in [6, 6.07) is 6.32. The molecule has 0 radical (unpaired) electrons. The number of rotatable bonds is 4. The second-order valence-corrected chi connectivity index (χ2v) is 5.70. The molecule has 0 fully saturated rings. The molecular formula is C13H19BrO. The van der Waals surface area contributed by atoms with Gasteiger partial charge in [0, 0.05) is 4.83 Å². The van der Waals surface area contributed by atoms with Crippen molar-refractivity contribution in [3.63, 3.8) is 0 Å². The van der Waals surface area contributed by atoms with Crippen molar-refractivity contribution < 1.29 is 4.74 Å². The largest absolute Gasteiger partial charge is 0.497 e. The molecule has 1 nitrogen and oxygen atoms in total.